The molecule has 0 amide bonds. The number of unbranched alkanes of at least 4 members (excludes halogenated alkanes) is 2. The van der Waals surface area contributed by atoms with Crippen molar-refractivity contribution in [3.8, 4) is 5.75 Å². The van der Waals surface area contributed by atoms with Gasteiger partial charge in [0.2, 0.25) is 5.82 Å². The van der Waals surface area contributed by atoms with Gasteiger partial charge in [-0.2, -0.15) is 4.39 Å². The molecule has 0 aliphatic carbocycles. The van der Waals surface area contributed by atoms with Gasteiger partial charge in [0.05, 0.1) is 17.7 Å². The van der Waals surface area contributed by atoms with Crippen molar-refractivity contribution in [3.05, 3.63) is 28.6 Å². The average molecular weight is 316 g/mol. The normalized spacial score (nSPS) is 10.6. The summed E-state index contributed by atoms with van der Waals surface area (Å²) in [6, 6.07) is 0. The van der Waals surface area contributed by atoms with Crippen LogP contribution in [0.1, 0.15) is 67.2 Å². The summed E-state index contributed by atoms with van der Waals surface area (Å²) in [5.74, 6) is -7.20. The summed E-state index contributed by atoms with van der Waals surface area (Å²) in [5, 5.41) is 0. The number of hydrogen-bond acceptors (Lipinski definition) is 3. The molecule has 0 bridgehead atoms. The van der Waals surface area contributed by atoms with Crippen molar-refractivity contribution in [2.45, 2.75) is 46.5 Å². The van der Waals surface area contributed by atoms with Crippen LogP contribution in [0, 0.1) is 17.5 Å². The number of ether oxygens (including phenoxy) is 1. The lowest BCUT2D eigenvalue weighted by atomic mass is 9.95. The van der Waals surface area contributed by atoms with Crippen LogP contribution in [-0.2, 0) is 0 Å². The summed E-state index contributed by atoms with van der Waals surface area (Å²) in [6.07, 6.45) is 2.14. The average Bonchev–Trinajstić information content (AvgIpc) is 2.47. The molecule has 1 aromatic rings. The van der Waals surface area contributed by atoms with E-state index in [1.807, 2.05) is 6.92 Å². The topological polar surface area (TPSA) is 43.4 Å². The molecule has 0 N–H and O–H groups in total. The molecule has 1 rings (SSSR count). The minimum atomic E-state index is -1.81. The highest BCUT2D eigenvalue weighted by Gasteiger charge is 2.31. The number of halogens is 3. The smallest absolute Gasteiger partial charge is 0.204 e. The number of carbonyl (C=O) groups excluding carboxylic acids is 2. The molecule has 22 heavy (non-hydrogen) atoms. The van der Waals surface area contributed by atoms with E-state index in [1.165, 1.54) is 6.92 Å². The molecule has 0 aliphatic rings. The molecular formula is C16H19F3O3. The lowest BCUT2D eigenvalue weighted by Gasteiger charge is -2.15. The number of rotatable bonds is 8. The molecule has 0 aliphatic heterocycles. The van der Waals surface area contributed by atoms with Crippen LogP contribution < -0.4 is 4.74 Å². The Morgan fingerprint density at radius 2 is 1.59 bits per heavy atom. The van der Waals surface area contributed by atoms with Crippen LogP contribution in [-0.4, -0.2) is 18.2 Å². The molecule has 0 atom stereocenters. The molecule has 0 unspecified atom stereocenters. The lowest BCUT2D eigenvalue weighted by molar-refractivity contribution is 0.0950. The van der Waals surface area contributed by atoms with Crippen LogP contribution in [0.15, 0.2) is 0 Å². The van der Waals surface area contributed by atoms with Gasteiger partial charge in [-0.15, -0.1) is 0 Å². The predicted octanol–water partition coefficient (Wildman–Crippen LogP) is 4.47. The van der Waals surface area contributed by atoms with E-state index in [9.17, 15) is 22.8 Å². The molecule has 0 radical (unpaired) electrons. The third-order valence-corrected chi connectivity index (χ3v) is 3.21. The van der Waals surface area contributed by atoms with E-state index in [2.05, 4.69) is 0 Å². The van der Waals surface area contributed by atoms with Gasteiger partial charge in [0.25, 0.3) is 0 Å². The van der Waals surface area contributed by atoms with Crippen LogP contribution in [0.5, 0.6) is 5.75 Å². The largest absolute Gasteiger partial charge is 0.490 e. The van der Waals surface area contributed by atoms with Gasteiger partial charge in [0, 0.05) is 6.42 Å². The molecule has 0 saturated carbocycles. The van der Waals surface area contributed by atoms with Crippen molar-refractivity contribution < 1.29 is 27.5 Å². The van der Waals surface area contributed by atoms with Crippen LogP contribution in [0.25, 0.3) is 0 Å². The highest BCUT2D eigenvalue weighted by molar-refractivity contribution is 6.10. The van der Waals surface area contributed by atoms with E-state index in [1.54, 1.807) is 0 Å². The van der Waals surface area contributed by atoms with Crippen molar-refractivity contribution >= 4 is 11.6 Å². The van der Waals surface area contributed by atoms with Crippen molar-refractivity contribution in [1.29, 1.82) is 0 Å². The highest BCUT2D eigenvalue weighted by Crippen LogP contribution is 2.33. The number of carbonyl (C=O) groups is 2. The molecule has 122 valence electrons. The van der Waals surface area contributed by atoms with E-state index in [0.29, 0.717) is 6.42 Å². The quantitative estimate of drug-likeness (QED) is 0.404. The second-order valence-corrected chi connectivity index (χ2v) is 4.89. The summed E-state index contributed by atoms with van der Waals surface area (Å²) in [6.45, 7) is 4.40. The second-order valence-electron chi connectivity index (χ2n) is 4.89. The maximum absolute atomic E-state index is 13.9. The first-order valence-electron chi connectivity index (χ1n) is 7.24. The van der Waals surface area contributed by atoms with Gasteiger partial charge in [-0.1, -0.05) is 19.8 Å². The zero-order valence-electron chi connectivity index (χ0n) is 12.9. The standard InChI is InChI=1S/C16H19F3O3/c1-4-6-7-8-10(21)12-11(9(3)20)13(17)14(18)15(19)16(12)22-5-2/h4-8H2,1-3H3. The number of hydrogen-bond donors (Lipinski definition) is 0. The molecule has 6 heteroatoms. The number of benzene rings is 1. The molecule has 1 aromatic carbocycles. The molecule has 0 saturated heterocycles. The number of ketones is 2. The summed E-state index contributed by atoms with van der Waals surface area (Å²) >= 11 is 0. The van der Waals surface area contributed by atoms with Gasteiger partial charge < -0.3 is 4.74 Å². The Labute approximate surface area is 127 Å². The van der Waals surface area contributed by atoms with Gasteiger partial charge in [0.15, 0.2) is 29.0 Å². The predicted molar refractivity (Wildman–Crippen MR) is 76.0 cm³/mol. The third kappa shape index (κ3) is 3.67. The first kappa shape index (κ1) is 18.2. The SMILES string of the molecule is CCCCCC(=O)c1c(OCC)c(F)c(F)c(F)c1C(C)=O. The summed E-state index contributed by atoms with van der Waals surface area (Å²) in [4.78, 5) is 23.9. The molecule has 0 aromatic heterocycles. The summed E-state index contributed by atoms with van der Waals surface area (Å²) in [5.41, 5.74) is -1.24. The maximum atomic E-state index is 13.9. The van der Waals surface area contributed by atoms with E-state index >= 15 is 0 Å². The Hall–Kier alpha value is -1.85. The van der Waals surface area contributed by atoms with Gasteiger partial charge >= 0.3 is 0 Å². The minimum Gasteiger partial charge on any atom is -0.490 e. The Balaban J connectivity index is 3.49. The second kappa shape index (κ2) is 7.96. The van der Waals surface area contributed by atoms with Gasteiger partial charge in [-0.05, 0) is 20.3 Å². The Morgan fingerprint density at radius 1 is 0.955 bits per heavy atom. The molecule has 0 heterocycles. The lowest BCUT2D eigenvalue weighted by Crippen LogP contribution is -2.16. The van der Waals surface area contributed by atoms with Crippen molar-refractivity contribution in [3.63, 3.8) is 0 Å². The third-order valence-electron chi connectivity index (χ3n) is 3.21. The highest BCUT2D eigenvalue weighted by atomic mass is 19.2. The monoisotopic (exact) mass is 316 g/mol. The zero-order chi connectivity index (χ0) is 16.9. The minimum absolute atomic E-state index is 0.0126. The fourth-order valence-electron chi connectivity index (χ4n) is 2.18. The Kier molecular flexibility index (Phi) is 6.59. The van der Waals surface area contributed by atoms with Crippen LogP contribution in [0.2, 0.25) is 0 Å². The first-order chi connectivity index (χ1) is 10.4. The Bertz CT molecular complexity index is 583. The number of Topliss-reactive ketones (excluding diaryl/α,β-unsaturated/α-hetero) is 2. The maximum Gasteiger partial charge on any atom is 0.204 e. The zero-order valence-corrected chi connectivity index (χ0v) is 12.9. The van der Waals surface area contributed by atoms with Crippen molar-refractivity contribution in [2.24, 2.45) is 0 Å². The first-order valence-corrected chi connectivity index (χ1v) is 7.24. The fraction of sp³-hybridized carbons (Fsp3) is 0.500. The van der Waals surface area contributed by atoms with E-state index in [4.69, 9.17) is 4.74 Å². The molecule has 0 fully saturated rings. The van der Waals surface area contributed by atoms with Crippen LogP contribution in [0.4, 0.5) is 13.2 Å². The summed E-state index contributed by atoms with van der Waals surface area (Å²) < 4.78 is 46.4. The van der Waals surface area contributed by atoms with E-state index in [-0.39, 0.29) is 13.0 Å². The van der Waals surface area contributed by atoms with Crippen LogP contribution >= 0.6 is 0 Å². The van der Waals surface area contributed by atoms with E-state index in [0.717, 1.165) is 19.8 Å². The van der Waals surface area contributed by atoms with Crippen molar-refractivity contribution in [2.75, 3.05) is 6.61 Å². The Morgan fingerprint density at radius 3 is 2.09 bits per heavy atom. The molecular weight excluding hydrogens is 297 g/mol. The summed E-state index contributed by atoms with van der Waals surface area (Å²) in [7, 11) is 0. The van der Waals surface area contributed by atoms with Gasteiger partial charge in [-0.25, -0.2) is 8.78 Å². The van der Waals surface area contributed by atoms with Gasteiger partial charge in [-0.3, -0.25) is 9.59 Å². The molecule has 0 spiro atoms. The van der Waals surface area contributed by atoms with Crippen LogP contribution in [0.3, 0.4) is 0 Å². The van der Waals surface area contributed by atoms with Gasteiger partial charge in [0.1, 0.15) is 0 Å². The molecule has 3 nitrogen and oxygen atoms in total. The van der Waals surface area contributed by atoms with E-state index < -0.39 is 45.9 Å². The fourth-order valence-corrected chi connectivity index (χ4v) is 2.18. The van der Waals surface area contributed by atoms with Crippen molar-refractivity contribution in [1.82, 2.24) is 0 Å².